The Balaban J connectivity index is 2.86. The lowest BCUT2D eigenvalue weighted by molar-refractivity contribution is 0.492. The van der Waals surface area contributed by atoms with Crippen LogP contribution in [0, 0.1) is 5.92 Å². The molecular formula is C8H18. The first-order chi connectivity index (χ1) is 3.81. The van der Waals surface area contributed by atoms with Crippen molar-refractivity contribution in [3.05, 3.63) is 0 Å². The molecule has 0 heteroatoms. The lowest BCUT2D eigenvalue weighted by atomic mass is 10.0. The Bertz CT molecular complexity index is 39.3. The standard InChI is InChI=1S/C8H18/c1-4-6-7-8(3)5-2/h8H,4-7H2,1-3H3. The molecule has 1 atom stereocenters. The average Bonchev–Trinajstić information content (AvgIpc) is 1.83. The second-order valence-electron chi connectivity index (χ2n) is 2.66. The molecule has 0 fully saturated rings. The van der Waals surface area contributed by atoms with Gasteiger partial charge < -0.3 is 0 Å². The summed E-state index contributed by atoms with van der Waals surface area (Å²) >= 11 is 0. The van der Waals surface area contributed by atoms with Gasteiger partial charge in [0.1, 0.15) is 0 Å². The number of hydrogen-bond donors (Lipinski definition) is 0. The van der Waals surface area contributed by atoms with Crippen LogP contribution in [0.5, 0.6) is 0 Å². The summed E-state index contributed by atoms with van der Waals surface area (Å²) in [5.41, 5.74) is 0. The lowest BCUT2D eigenvalue weighted by Gasteiger charge is -2.04. The molecule has 0 spiro atoms. The third kappa shape index (κ3) is 4.17. The van der Waals surface area contributed by atoms with Crippen molar-refractivity contribution in [1.29, 1.82) is 0 Å². The van der Waals surface area contributed by atoms with E-state index in [4.69, 9.17) is 0 Å². The zero-order chi connectivity index (χ0) is 6.41. The van der Waals surface area contributed by atoms with E-state index in [1.54, 1.807) is 0 Å². The van der Waals surface area contributed by atoms with Gasteiger partial charge in [-0.2, -0.15) is 0 Å². The molecule has 8 heavy (non-hydrogen) atoms. The third-order valence-corrected chi connectivity index (χ3v) is 1.75. The molecule has 0 saturated carbocycles. The molecule has 0 aliphatic rings. The van der Waals surface area contributed by atoms with Gasteiger partial charge in [-0.15, -0.1) is 0 Å². The largest absolute Gasteiger partial charge is 0.0654 e. The second-order valence-corrected chi connectivity index (χ2v) is 2.66. The molecule has 0 aliphatic heterocycles. The summed E-state index contributed by atoms with van der Waals surface area (Å²) in [7, 11) is 0. The molecule has 0 nitrogen and oxygen atoms in total. The summed E-state index contributed by atoms with van der Waals surface area (Å²) in [4.78, 5) is 0. The first-order valence-electron chi connectivity index (χ1n) is 3.81. The van der Waals surface area contributed by atoms with Gasteiger partial charge in [-0.05, 0) is 5.92 Å². The van der Waals surface area contributed by atoms with Crippen molar-refractivity contribution >= 4 is 0 Å². The molecule has 0 aromatic heterocycles. The van der Waals surface area contributed by atoms with Crippen molar-refractivity contribution in [2.45, 2.75) is 46.5 Å². The maximum absolute atomic E-state index is 2.33. The maximum atomic E-state index is 2.33. The molecule has 0 aromatic carbocycles. The van der Waals surface area contributed by atoms with Crippen LogP contribution in [0.1, 0.15) is 46.5 Å². The summed E-state index contributed by atoms with van der Waals surface area (Å²) < 4.78 is 0. The fourth-order valence-electron chi connectivity index (χ4n) is 0.757. The van der Waals surface area contributed by atoms with Crippen LogP contribution in [-0.4, -0.2) is 0 Å². The highest BCUT2D eigenvalue weighted by Gasteiger charge is 1.94. The van der Waals surface area contributed by atoms with Crippen LogP contribution in [0.4, 0.5) is 0 Å². The smallest absolute Gasteiger partial charge is 0.0445 e. The topological polar surface area (TPSA) is 0 Å². The van der Waals surface area contributed by atoms with Gasteiger partial charge >= 0.3 is 0 Å². The zero-order valence-corrected chi connectivity index (χ0v) is 6.41. The molecule has 0 aliphatic carbocycles. The quantitative estimate of drug-likeness (QED) is 0.526. The first kappa shape index (κ1) is 8.00. The van der Waals surface area contributed by atoms with Crippen molar-refractivity contribution in [2.75, 3.05) is 0 Å². The minimum atomic E-state index is 0.954. The van der Waals surface area contributed by atoms with Crippen molar-refractivity contribution in [1.82, 2.24) is 0 Å². The molecule has 0 radical (unpaired) electrons. The summed E-state index contributed by atoms with van der Waals surface area (Å²) in [5.74, 6) is 0.954. The molecule has 0 aromatic rings. The Hall–Kier alpha value is 0. The van der Waals surface area contributed by atoms with Crippen LogP contribution in [-0.2, 0) is 0 Å². The minimum Gasteiger partial charge on any atom is -0.0654 e. The first-order valence-corrected chi connectivity index (χ1v) is 3.81. The summed E-state index contributed by atoms with van der Waals surface area (Å²) in [5, 5.41) is 0. The van der Waals surface area contributed by atoms with Crippen LogP contribution < -0.4 is 0 Å². The van der Waals surface area contributed by atoms with Crippen molar-refractivity contribution < 1.29 is 0 Å². The van der Waals surface area contributed by atoms with E-state index in [2.05, 4.69) is 20.8 Å². The molecule has 0 rings (SSSR count). The van der Waals surface area contributed by atoms with Crippen LogP contribution in [0.25, 0.3) is 0 Å². The molecule has 0 amide bonds. The Morgan fingerprint density at radius 3 is 2.25 bits per heavy atom. The van der Waals surface area contributed by atoms with Crippen molar-refractivity contribution in [2.24, 2.45) is 5.92 Å². The summed E-state index contributed by atoms with van der Waals surface area (Å²) in [6.07, 6.45) is 5.53. The molecule has 50 valence electrons. The second kappa shape index (κ2) is 5.14. The van der Waals surface area contributed by atoms with Gasteiger partial charge in [0.15, 0.2) is 0 Å². The van der Waals surface area contributed by atoms with Gasteiger partial charge in [0.2, 0.25) is 0 Å². The van der Waals surface area contributed by atoms with Gasteiger partial charge in [-0.25, -0.2) is 0 Å². The maximum Gasteiger partial charge on any atom is -0.0445 e. The van der Waals surface area contributed by atoms with Gasteiger partial charge in [0.05, 0.1) is 0 Å². The predicted octanol–water partition coefficient (Wildman–Crippen LogP) is 3.22. The van der Waals surface area contributed by atoms with E-state index in [9.17, 15) is 0 Å². The highest BCUT2D eigenvalue weighted by molar-refractivity contribution is 4.47. The highest BCUT2D eigenvalue weighted by Crippen LogP contribution is 2.09. The molecule has 1 unspecified atom stereocenters. The van der Waals surface area contributed by atoms with E-state index in [1.807, 2.05) is 0 Å². The van der Waals surface area contributed by atoms with Gasteiger partial charge in [-0.1, -0.05) is 46.5 Å². The van der Waals surface area contributed by atoms with E-state index < -0.39 is 0 Å². The number of rotatable bonds is 4. The molecular weight excluding hydrogens is 96.1 g/mol. The Labute approximate surface area is 53.3 Å². The average molecular weight is 114 g/mol. The van der Waals surface area contributed by atoms with Crippen molar-refractivity contribution in [3.63, 3.8) is 0 Å². The third-order valence-electron chi connectivity index (χ3n) is 1.75. The van der Waals surface area contributed by atoms with E-state index >= 15 is 0 Å². The molecule has 0 saturated heterocycles. The van der Waals surface area contributed by atoms with Crippen LogP contribution in [0.3, 0.4) is 0 Å². The summed E-state index contributed by atoms with van der Waals surface area (Å²) in [6, 6.07) is 0. The van der Waals surface area contributed by atoms with Crippen LogP contribution in [0.2, 0.25) is 0 Å². The van der Waals surface area contributed by atoms with E-state index in [0.29, 0.717) is 0 Å². The summed E-state index contributed by atoms with van der Waals surface area (Å²) in [6.45, 7) is 6.85. The fraction of sp³-hybridized carbons (Fsp3) is 1.00. The highest BCUT2D eigenvalue weighted by atomic mass is 14.0. The van der Waals surface area contributed by atoms with Gasteiger partial charge in [-0.3, -0.25) is 0 Å². The number of hydrogen-bond acceptors (Lipinski definition) is 0. The molecule has 0 N–H and O–H groups in total. The molecule has 0 bridgehead atoms. The normalized spacial score (nSPS) is 13.9. The van der Waals surface area contributed by atoms with Crippen molar-refractivity contribution in [3.8, 4) is 0 Å². The number of unbranched alkanes of at least 4 members (excludes halogenated alkanes) is 1. The molecule has 0 heterocycles. The van der Waals surface area contributed by atoms with E-state index in [-0.39, 0.29) is 0 Å². The van der Waals surface area contributed by atoms with Crippen LogP contribution in [0.15, 0.2) is 0 Å². The monoisotopic (exact) mass is 114 g/mol. The van der Waals surface area contributed by atoms with Gasteiger partial charge in [0, 0.05) is 0 Å². The van der Waals surface area contributed by atoms with Crippen LogP contribution >= 0.6 is 0 Å². The Kier molecular flexibility index (Phi) is 5.14. The Morgan fingerprint density at radius 1 is 1.25 bits per heavy atom. The van der Waals surface area contributed by atoms with Gasteiger partial charge in [0.25, 0.3) is 0 Å². The van der Waals surface area contributed by atoms with E-state index in [0.717, 1.165) is 5.92 Å². The zero-order valence-electron chi connectivity index (χ0n) is 6.41. The predicted molar refractivity (Wildman–Crippen MR) is 39.0 cm³/mol. The minimum absolute atomic E-state index is 0.954. The van der Waals surface area contributed by atoms with E-state index in [1.165, 1.54) is 25.7 Å². The lowest BCUT2D eigenvalue weighted by Crippen LogP contribution is -1.89. The Morgan fingerprint density at radius 2 is 1.88 bits per heavy atom. The SMILES string of the molecule is CCCCC(C)CC. The fourth-order valence-corrected chi connectivity index (χ4v) is 0.757.